The Kier molecular flexibility index (Phi) is 2.64. The van der Waals surface area contributed by atoms with E-state index in [-0.39, 0.29) is 10.8 Å². The molecule has 0 atom stereocenters. The minimum atomic E-state index is -4.20. The van der Waals surface area contributed by atoms with Crippen molar-refractivity contribution in [1.82, 2.24) is 9.78 Å². The van der Waals surface area contributed by atoms with Crippen molar-refractivity contribution in [2.24, 2.45) is 0 Å². The van der Waals surface area contributed by atoms with Gasteiger partial charge in [-0.2, -0.15) is 13.5 Å². The summed E-state index contributed by atoms with van der Waals surface area (Å²) >= 11 is 0. The number of hydrogen-bond acceptors (Lipinski definition) is 4. The molecule has 1 aromatic heterocycles. The fourth-order valence-electron chi connectivity index (χ4n) is 1.37. The second-order valence-corrected chi connectivity index (χ2v) is 4.95. The van der Waals surface area contributed by atoms with Crippen LogP contribution in [-0.2, 0) is 10.1 Å². The lowest BCUT2D eigenvalue weighted by atomic mass is 10.3. The summed E-state index contributed by atoms with van der Waals surface area (Å²) in [7, 11) is -4.20. The van der Waals surface area contributed by atoms with Gasteiger partial charge in [-0.1, -0.05) is 0 Å². The SMILES string of the molecule is Cc1cnn(-c2ccc(S(=O)(=O)O)cc2)c1O. The van der Waals surface area contributed by atoms with Gasteiger partial charge in [-0.15, -0.1) is 0 Å². The number of nitrogens with zero attached hydrogens (tertiary/aromatic N) is 2. The molecule has 7 heteroatoms. The summed E-state index contributed by atoms with van der Waals surface area (Å²) < 4.78 is 31.7. The van der Waals surface area contributed by atoms with Gasteiger partial charge in [-0.3, -0.25) is 4.55 Å². The predicted octanol–water partition coefficient (Wildman–Crippen LogP) is 1.13. The number of rotatable bonds is 2. The quantitative estimate of drug-likeness (QED) is 0.784. The van der Waals surface area contributed by atoms with Crippen molar-refractivity contribution in [3.05, 3.63) is 36.0 Å². The third-order valence-corrected chi connectivity index (χ3v) is 3.17. The third-order valence-electron chi connectivity index (χ3n) is 2.30. The molecular weight excluding hydrogens is 244 g/mol. The number of hydrogen-bond donors (Lipinski definition) is 2. The van der Waals surface area contributed by atoms with Crippen LogP contribution in [-0.4, -0.2) is 27.9 Å². The van der Waals surface area contributed by atoms with Crippen LogP contribution in [0.2, 0.25) is 0 Å². The fraction of sp³-hybridized carbons (Fsp3) is 0.100. The molecule has 0 fully saturated rings. The van der Waals surface area contributed by atoms with Gasteiger partial charge in [0.15, 0.2) is 0 Å². The molecule has 1 aromatic carbocycles. The highest BCUT2D eigenvalue weighted by atomic mass is 32.2. The first kappa shape index (κ1) is 11.6. The van der Waals surface area contributed by atoms with E-state index in [2.05, 4.69) is 5.10 Å². The maximum absolute atomic E-state index is 10.8. The lowest BCUT2D eigenvalue weighted by Gasteiger charge is -2.04. The summed E-state index contributed by atoms with van der Waals surface area (Å²) in [5, 5.41) is 13.6. The van der Waals surface area contributed by atoms with E-state index in [1.807, 2.05) is 0 Å². The second kappa shape index (κ2) is 3.86. The Morgan fingerprint density at radius 3 is 2.24 bits per heavy atom. The molecule has 0 aliphatic rings. The Morgan fingerprint density at radius 2 is 1.82 bits per heavy atom. The highest BCUT2D eigenvalue weighted by Crippen LogP contribution is 2.21. The zero-order valence-electron chi connectivity index (χ0n) is 8.90. The number of aryl methyl sites for hydroxylation is 1. The van der Waals surface area contributed by atoms with Crippen LogP contribution < -0.4 is 0 Å². The standard InChI is InChI=1S/C10H10N2O4S/c1-7-6-11-12(10(7)13)8-2-4-9(5-3-8)17(14,15)16/h2-6,13H,1H3,(H,14,15,16). The topological polar surface area (TPSA) is 92.4 Å². The van der Waals surface area contributed by atoms with E-state index < -0.39 is 10.1 Å². The van der Waals surface area contributed by atoms with Gasteiger partial charge >= 0.3 is 0 Å². The zero-order chi connectivity index (χ0) is 12.6. The van der Waals surface area contributed by atoms with Crippen LogP contribution in [0.1, 0.15) is 5.56 Å². The summed E-state index contributed by atoms with van der Waals surface area (Å²) in [5.74, 6) is -0.00962. The molecule has 2 rings (SSSR count). The monoisotopic (exact) mass is 254 g/mol. The molecule has 0 bridgehead atoms. The minimum absolute atomic E-state index is 0.00962. The Morgan fingerprint density at radius 1 is 1.24 bits per heavy atom. The first-order valence-electron chi connectivity index (χ1n) is 4.71. The maximum atomic E-state index is 10.8. The van der Waals surface area contributed by atoms with Crippen LogP contribution in [0.15, 0.2) is 35.4 Å². The molecule has 0 unspecified atom stereocenters. The zero-order valence-corrected chi connectivity index (χ0v) is 9.72. The van der Waals surface area contributed by atoms with E-state index in [1.54, 1.807) is 6.92 Å². The smallest absolute Gasteiger partial charge is 0.294 e. The molecule has 2 aromatic rings. The van der Waals surface area contributed by atoms with E-state index in [0.717, 1.165) is 0 Å². The number of aromatic nitrogens is 2. The summed E-state index contributed by atoms with van der Waals surface area (Å²) in [6.07, 6.45) is 1.49. The number of aromatic hydroxyl groups is 1. The molecule has 1 heterocycles. The van der Waals surface area contributed by atoms with Gasteiger partial charge in [0.2, 0.25) is 5.88 Å². The average Bonchev–Trinajstić information content (AvgIpc) is 2.59. The van der Waals surface area contributed by atoms with E-state index in [0.29, 0.717) is 11.3 Å². The first-order valence-corrected chi connectivity index (χ1v) is 6.15. The fourth-order valence-corrected chi connectivity index (χ4v) is 1.85. The van der Waals surface area contributed by atoms with Crippen molar-refractivity contribution >= 4 is 10.1 Å². The largest absolute Gasteiger partial charge is 0.493 e. The van der Waals surface area contributed by atoms with Crippen LogP contribution in [0.4, 0.5) is 0 Å². The summed E-state index contributed by atoms with van der Waals surface area (Å²) in [6.45, 7) is 1.70. The second-order valence-electron chi connectivity index (χ2n) is 3.53. The van der Waals surface area contributed by atoms with Crippen molar-refractivity contribution in [2.45, 2.75) is 11.8 Å². The Labute approximate surface area is 97.9 Å². The molecule has 2 N–H and O–H groups in total. The molecule has 0 saturated heterocycles. The molecule has 0 aliphatic heterocycles. The lowest BCUT2D eigenvalue weighted by Crippen LogP contribution is -2.00. The van der Waals surface area contributed by atoms with Crippen LogP contribution >= 0.6 is 0 Å². The normalized spacial score (nSPS) is 11.6. The average molecular weight is 254 g/mol. The summed E-state index contributed by atoms with van der Waals surface area (Å²) in [5.41, 5.74) is 1.12. The van der Waals surface area contributed by atoms with E-state index >= 15 is 0 Å². The molecule has 0 saturated carbocycles. The van der Waals surface area contributed by atoms with Gasteiger partial charge in [0, 0.05) is 5.56 Å². The Hall–Kier alpha value is -1.86. The molecule has 0 radical (unpaired) electrons. The minimum Gasteiger partial charge on any atom is -0.493 e. The lowest BCUT2D eigenvalue weighted by molar-refractivity contribution is 0.430. The van der Waals surface area contributed by atoms with Gasteiger partial charge in [-0.25, -0.2) is 4.68 Å². The molecule has 0 aliphatic carbocycles. The van der Waals surface area contributed by atoms with Gasteiger partial charge in [-0.05, 0) is 31.2 Å². The van der Waals surface area contributed by atoms with Gasteiger partial charge in [0.05, 0.1) is 16.8 Å². The molecule has 90 valence electrons. The molecule has 0 amide bonds. The van der Waals surface area contributed by atoms with Crippen LogP contribution in [0, 0.1) is 6.92 Å². The molecular formula is C10H10N2O4S. The van der Waals surface area contributed by atoms with Crippen LogP contribution in [0.3, 0.4) is 0 Å². The number of benzene rings is 1. The third kappa shape index (κ3) is 2.15. The maximum Gasteiger partial charge on any atom is 0.294 e. The van der Waals surface area contributed by atoms with Crippen molar-refractivity contribution in [1.29, 1.82) is 0 Å². The van der Waals surface area contributed by atoms with E-state index in [4.69, 9.17) is 4.55 Å². The van der Waals surface area contributed by atoms with Crippen molar-refractivity contribution in [2.75, 3.05) is 0 Å². The first-order chi connectivity index (χ1) is 7.89. The van der Waals surface area contributed by atoms with Crippen LogP contribution in [0.5, 0.6) is 5.88 Å². The summed E-state index contributed by atoms with van der Waals surface area (Å²) in [6, 6.07) is 5.35. The molecule has 6 nitrogen and oxygen atoms in total. The summed E-state index contributed by atoms with van der Waals surface area (Å²) in [4.78, 5) is -0.204. The predicted molar refractivity (Wildman–Crippen MR) is 59.8 cm³/mol. The van der Waals surface area contributed by atoms with Crippen molar-refractivity contribution in [3.8, 4) is 11.6 Å². The van der Waals surface area contributed by atoms with Crippen LogP contribution in [0.25, 0.3) is 5.69 Å². The molecule has 17 heavy (non-hydrogen) atoms. The van der Waals surface area contributed by atoms with Gasteiger partial charge in [0.25, 0.3) is 10.1 Å². The van der Waals surface area contributed by atoms with E-state index in [1.165, 1.54) is 35.1 Å². The highest BCUT2D eigenvalue weighted by molar-refractivity contribution is 7.85. The van der Waals surface area contributed by atoms with Crippen molar-refractivity contribution < 1.29 is 18.1 Å². The Bertz CT molecular complexity index is 643. The Balaban J connectivity index is 2.46. The van der Waals surface area contributed by atoms with Gasteiger partial charge < -0.3 is 5.11 Å². The van der Waals surface area contributed by atoms with Gasteiger partial charge in [0.1, 0.15) is 0 Å². The molecule has 0 spiro atoms. The van der Waals surface area contributed by atoms with Crippen molar-refractivity contribution in [3.63, 3.8) is 0 Å². The highest BCUT2D eigenvalue weighted by Gasteiger charge is 2.11. The van der Waals surface area contributed by atoms with E-state index in [9.17, 15) is 13.5 Å².